The van der Waals surface area contributed by atoms with Crippen LogP contribution in [0.5, 0.6) is 0 Å². The fourth-order valence-corrected chi connectivity index (χ4v) is 3.09. The number of nitrogens with zero attached hydrogens (tertiary/aromatic N) is 3. The van der Waals surface area contributed by atoms with Crippen LogP contribution in [0.4, 0.5) is 15.0 Å². The minimum Gasteiger partial charge on any atom is -0.314 e. The van der Waals surface area contributed by atoms with E-state index >= 15 is 0 Å². The van der Waals surface area contributed by atoms with Crippen molar-refractivity contribution in [3.8, 4) is 11.4 Å². The highest BCUT2D eigenvalue weighted by Gasteiger charge is 2.24. The molecule has 0 radical (unpaired) electrons. The summed E-state index contributed by atoms with van der Waals surface area (Å²) < 4.78 is 16.5. The Balaban J connectivity index is 0.00000126. The van der Waals surface area contributed by atoms with Crippen molar-refractivity contribution in [2.75, 3.05) is 11.4 Å². The number of nitrogens with one attached hydrogen (secondary N) is 2. The predicted octanol–water partition coefficient (Wildman–Crippen LogP) is 2.94. The minimum absolute atomic E-state index is 0.290. The molecule has 1 aromatic carbocycles. The zero-order chi connectivity index (χ0) is 20.0. The van der Waals surface area contributed by atoms with Crippen LogP contribution in [0.25, 0.3) is 11.4 Å². The zero-order valence-electron chi connectivity index (χ0n) is 16.2. The third kappa shape index (κ3) is 4.00. The summed E-state index contributed by atoms with van der Waals surface area (Å²) in [7, 11) is 1.72. The lowest BCUT2D eigenvalue weighted by Gasteiger charge is -2.21. The van der Waals surface area contributed by atoms with Gasteiger partial charge in [-0.15, -0.1) is 0 Å². The maximum atomic E-state index is 14.8. The highest BCUT2D eigenvalue weighted by molar-refractivity contribution is 5.97. The van der Waals surface area contributed by atoms with Gasteiger partial charge in [0, 0.05) is 32.2 Å². The quantitative estimate of drug-likeness (QED) is 0.788. The summed E-state index contributed by atoms with van der Waals surface area (Å²) in [4.78, 5) is 28.4. The van der Waals surface area contributed by atoms with E-state index in [4.69, 9.17) is 0 Å². The normalized spacial score (nSPS) is 12.0. The number of aromatic nitrogens is 2. The highest BCUT2D eigenvalue weighted by atomic mass is 19.1. The van der Waals surface area contributed by atoms with Crippen LogP contribution in [0.15, 0.2) is 18.3 Å². The first-order valence-electron chi connectivity index (χ1n) is 9.13. The largest absolute Gasteiger partial charge is 0.329 e. The van der Waals surface area contributed by atoms with Gasteiger partial charge in [-0.3, -0.25) is 15.0 Å². The number of benzene rings is 1. The number of amides is 3. The highest BCUT2D eigenvalue weighted by Crippen LogP contribution is 2.30. The summed E-state index contributed by atoms with van der Waals surface area (Å²) in [5, 5.41) is 5.26. The van der Waals surface area contributed by atoms with Crippen molar-refractivity contribution in [2.45, 2.75) is 40.3 Å². The smallest absolute Gasteiger partial charge is 0.314 e. The van der Waals surface area contributed by atoms with Gasteiger partial charge in [0.05, 0.1) is 11.8 Å². The molecule has 0 saturated heterocycles. The summed E-state index contributed by atoms with van der Waals surface area (Å²) in [6, 6.07) is 3.07. The van der Waals surface area contributed by atoms with Crippen molar-refractivity contribution in [2.24, 2.45) is 7.05 Å². The van der Waals surface area contributed by atoms with Gasteiger partial charge >= 0.3 is 6.03 Å². The lowest BCUT2D eigenvalue weighted by Crippen LogP contribution is -2.40. The maximum absolute atomic E-state index is 14.8. The molecule has 0 fully saturated rings. The van der Waals surface area contributed by atoms with E-state index in [1.54, 1.807) is 17.7 Å². The Morgan fingerprint density at radius 2 is 2.15 bits per heavy atom. The Kier molecular flexibility index (Phi) is 7.06. The molecule has 3 amide bonds. The number of imidazole rings is 1. The SMILES string of the molecule is CC.CCCN(C(=O)NC=O)c1cnc(-c2ccc3c(c2F)CNC3)n1C. The molecular weight excluding hydrogens is 349 g/mol. The maximum Gasteiger partial charge on any atom is 0.329 e. The standard InChI is InChI=1S/C17H20FN5O2.C2H6/c1-3-6-23(17(25)21-10-24)14-9-20-16(22(14)2)12-5-4-11-7-19-8-13(11)15(12)18;1-2/h4-5,9-10,19H,3,6-8H2,1-2H3,(H,21,24,25);1-2H3. The third-order valence-electron chi connectivity index (χ3n) is 4.31. The Labute approximate surface area is 158 Å². The molecule has 0 bridgehead atoms. The molecule has 7 nitrogen and oxygen atoms in total. The molecule has 1 aliphatic rings. The number of halogens is 1. The van der Waals surface area contributed by atoms with Crippen molar-refractivity contribution >= 4 is 18.3 Å². The summed E-state index contributed by atoms with van der Waals surface area (Å²) >= 11 is 0. The zero-order valence-corrected chi connectivity index (χ0v) is 16.2. The summed E-state index contributed by atoms with van der Waals surface area (Å²) in [5.74, 6) is 0.638. The molecule has 0 spiro atoms. The van der Waals surface area contributed by atoms with Crippen molar-refractivity contribution < 1.29 is 14.0 Å². The third-order valence-corrected chi connectivity index (χ3v) is 4.31. The number of carbonyl (C=O) groups is 2. The molecule has 8 heteroatoms. The van der Waals surface area contributed by atoms with E-state index in [2.05, 4.69) is 15.6 Å². The van der Waals surface area contributed by atoms with E-state index in [0.717, 1.165) is 5.56 Å². The van der Waals surface area contributed by atoms with E-state index in [1.165, 1.54) is 11.1 Å². The lowest BCUT2D eigenvalue weighted by atomic mass is 10.0. The molecule has 27 heavy (non-hydrogen) atoms. The molecule has 0 atom stereocenters. The van der Waals surface area contributed by atoms with E-state index in [-0.39, 0.29) is 5.82 Å². The summed E-state index contributed by atoms with van der Waals surface area (Å²) in [5.41, 5.74) is 2.00. The first-order chi connectivity index (χ1) is 13.1. The molecule has 3 rings (SSSR count). The Morgan fingerprint density at radius 3 is 2.81 bits per heavy atom. The van der Waals surface area contributed by atoms with E-state index in [1.807, 2.05) is 26.8 Å². The Bertz CT molecular complexity index is 819. The number of anilines is 1. The van der Waals surface area contributed by atoms with Crippen molar-refractivity contribution in [3.63, 3.8) is 0 Å². The molecule has 0 unspecified atom stereocenters. The van der Waals surface area contributed by atoms with Gasteiger partial charge < -0.3 is 9.88 Å². The van der Waals surface area contributed by atoms with Crippen LogP contribution in [0.3, 0.4) is 0 Å². The summed E-state index contributed by atoms with van der Waals surface area (Å²) in [6.45, 7) is 7.49. The van der Waals surface area contributed by atoms with Gasteiger partial charge in [-0.05, 0) is 18.1 Å². The van der Waals surface area contributed by atoms with Crippen LogP contribution in [0.2, 0.25) is 0 Å². The van der Waals surface area contributed by atoms with E-state index in [9.17, 15) is 14.0 Å². The van der Waals surface area contributed by atoms with Crippen LogP contribution >= 0.6 is 0 Å². The van der Waals surface area contributed by atoms with Crippen LogP contribution in [-0.2, 0) is 24.9 Å². The van der Waals surface area contributed by atoms with Gasteiger partial charge in [0.1, 0.15) is 17.5 Å². The molecule has 146 valence electrons. The number of carbonyl (C=O) groups excluding carboxylic acids is 2. The Hall–Kier alpha value is -2.74. The molecule has 2 N–H and O–H groups in total. The van der Waals surface area contributed by atoms with Crippen molar-refractivity contribution in [1.29, 1.82) is 0 Å². The number of fused-ring (bicyclic) bond motifs is 1. The molecule has 0 saturated carbocycles. The Morgan fingerprint density at radius 1 is 1.41 bits per heavy atom. The summed E-state index contributed by atoms with van der Waals surface area (Å²) in [6.07, 6.45) is 2.56. The van der Waals surface area contributed by atoms with Crippen LogP contribution in [-0.4, -0.2) is 28.5 Å². The number of rotatable bonds is 5. The second kappa shape index (κ2) is 9.27. The first kappa shape index (κ1) is 20.6. The molecule has 0 aliphatic carbocycles. The van der Waals surface area contributed by atoms with Crippen molar-refractivity contribution in [1.82, 2.24) is 20.2 Å². The molecular formula is C19H26FN5O2. The van der Waals surface area contributed by atoms with Gasteiger partial charge in [0.25, 0.3) is 0 Å². The minimum atomic E-state index is -0.537. The molecule has 2 aromatic rings. The second-order valence-electron chi connectivity index (χ2n) is 5.89. The first-order valence-corrected chi connectivity index (χ1v) is 9.13. The fraction of sp³-hybridized carbons (Fsp3) is 0.421. The van der Waals surface area contributed by atoms with E-state index in [0.29, 0.717) is 55.2 Å². The van der Waals surface area contributed by atoms with Gasteiger partial charge in [-0.25, -0.2) is 14.2 Å². The number of hydrogen-bond acceptors (Lipinski definition) is 4. The predicted molar refractivity (Wildman–Crippen MR) is 103 cm³/mol. The monoisotopic (exact) mass is 375 g/mol. The van der Waals surface area contributed by atoms with Crippen molar-refractivity contribution in [3.05, 3.63) is 35.3 Å². The van der Waals surface area contributed by atoms with Gasteiger partial charge in [0.2, 0.25) is 6.41 Å². The number of hydrogen-bond donors (Lipinski definition) is 2. The molecule has 1 aliphatic heterocycles. The number of urea groups is 1. The van der Waals surface area contributed by atoms with E-state index < -0.39 is 6.03 Å². The lowest BCUT2D eigenvalue weighted by molar-refractivity contribution is -0.108. The van der Waals surface area contributed by atoms with Gasteiger partial charge in [-0.2, -0.15) is 0 Å². The fourth-order valence-electron chi connectivity index (χ4n) is 3.09. The van der Waals surface area contributed by atoms with Gasteiger partial charge in [-0.1, -0.05) is 26.8 Å². The second-order valence-corrected chi connectivity index (χ2v) is 5.89. The topological polar surface area (TPSA) is 79.3 Å². The van der Waals surface area contributed by atoms with Crippen LogP contribution in [0.1, 0.15) is 38.3 Å². The van der Waals surface area contributed by atoms with Crippen LogP contribution < -0.4 is 15.5 Å². The number of imide groups is 1. The average Bonchev–Trinajstić information content (AvgIpc) is 3.30. The van der Waals surface area contributed by atoms with Gasteiger partial charge in [0.15, 0.2) is 0 Å². The molecule has 2 heterocycles. The average molecular weight is 375 g/mol. The van der Waals surface area contributed by atoms with Crippen LogP contribution in [0, 0.1) is 5.82 Å². The molecule has 1 aromatic heterocycles.